The van der Waals surface area contributed by atoms with E-state index in [9.17, 15) is 9.90 Å². The number of hydrogen-bond donors (Lipinski definition) is 2. The minimum atomic E-state index is -1.16. The van der Waals surface area contributed by atoms with Gasteiger partial charge in [0.05, 0.1) is 29.7 Å². The molecule has 3 heterocycles. The van der Waals surface area contributed by atoms with Crippen LogP contribution in [-0.4, -0.2) is 54.2 Å². The first-order valence-electron chi connectivity index (χ1n) is 8.06. The summed E-state index contributed by atoms with van der Waals surface area (Å²) in [7, 11) is 0. The van der Waals surface area contributed by atoms with Gasteiger partial charge in [0.25, 0.3) is 5.91 Å². The molecule has 1 saturated heterocycles. The summed E-state index contributed by atoms with van der Waals surface area (Å²) in [5, 5.41) is 25.4. The number of benzene rings is 1. The molecule has 1 amide bonds. The van der Waals surface area contributed by atoms with Crippen LogP contribution < -0.4 is 0 Å². The Morgan fingerprint density at radius 3 is 2.84 bits per heavy atom. The fourth-order valence-electron chi connectivity index (χ4n) is 3.16. The number of aliphatic hydroxyl groups is 1. The van der Waals surface area contributed by atoms with E-state index in [1.54, 1.807) is 15.8 Å². The molecule has 2 aromatic heterocycles. The van der Waals surface area contributed by atoms with Gasteiger partial charge >= 0.3 is 0 Å². The van der Waals surface area contributed by atoms with Crippen LogP contribution in [0.2, 0.25) is 0 Å². The largest absolute Gasteiger partial charge is 0.381 e. The first kappa shape index (κ1) is 15.5. The quantitative estimate of drug-likeness (QED) is 0.743. The van der Waals surface area contributed by atoms with Crippen molar-refractivity contribution in [2.45, 2.75) is 18.9 Å². The Balaban J connectivity index is 1.57. The van der Waals surface area contributed by atoms with Crippen LogP contribution in [0.5, 0.6) is 0 Å². The molecule has 8 heteroatoms. The smallest absolute Gasteiger partial charge is 0.257 e. The van der Waals surface area contributed by atoms with Crippen molar-refractivity contribution in [1.82, 2.24) is 30.1 Å². The van der Waals surface area contributed by atoms with Gasteiger partial charge in [-0.2, -0.15) is 20.5 Å². The molecule has 2 N–H and O–H groups in total. The minimum Gasteiger partial charge on any atom is -0.381 e. The van der Waals surface area contributed by atoms with Crippen molar-refractivity contribution in [2.75, 3.05) is 13.1 Å². The van der Waals surface area contributed by atoms with Crippen LogP contribution in [0.3, 0.4) is 0 Å². The zero-order chi connectivity index (χ0) is 17.4. The standard InChI is InChI=1S/C17H18N6O2/c1-12-14(10-23(20-12)13-5-3-2-4-6-13)16(24)22-8-7-17(25,11-22)15-9-18-21-19-15/h2-6,9-10,25H,7-8,11H2,1H3,(H,18,19,21)/t17-/m1/s1. The summed E-state index contributed by atoms with van der Waals surface area (Å²) in [6.07, 6.45) is 3.66. The van der Waals surface area contributed by atoms with Crippen LogP contribution in [0.4, 0.5) is 0 Å². The average molecular weight is 338 g/mol. The molecule has 0 bridgehead atoms. The number of rotatable bonds is 3. The van der Waals surface area contributed by atoms with Crippen molar-refractivity contribution in [3.8, 4) is 5.69 Å². The summed E-state index contributed by atoms with van der Waals surface area (Å²) in [4.78, 5) is 14.5. The third-order valence-electron chi connectivity index (χ3n) is 4.58. The SMILES string of the molecule is Cc1nn(-c2ccccc2)cc1C(=O)N1CC[C@](O)(c2cn[nH]n2)C1. The first-order chi connectivity index (χ1) is 12.1. The topological polar surface area (TPSA) is 99.9 Å². The third kappa shape index (κ3) is 2.70. The van der Waals surface area contributed by atoms with Crippen LogP contribution in [0.15, 0.2) is 42.7 Å². The molecular formula is C17H18N6O2. The van der Waals surface area contributed by atoms with E-state index in [1.807, 2.05) is 37.3 Å². The number of β-amino-alcohol motifs (C(OH)–C–C–N with tert-alkyl or cyclic N) is 1. The van der Waals surface area contributed by atoms with E-state index >= 15 is 0 Å². The maximum atomic E-state index is 12.9. The summed E-state index contributed by atoms with van der Waals surface area (Å²) in [6.45, 7) is 2.46. The van der Waals surface area contributed by atoms with Crippen molar-refractivity contribution < 1.29 is 9.90 Å². The number of para-hydroxylation sites is 1. The molecule has 4 rings (SSSR count). The van der Waals surface area contributed by atoms with Crippen LogP contribution in [0.1, 0.15) is 28.2 Å². The highest BCUT2D eigenvalue weighted by Gasteiger charge is 2.42. The van der Waals surface area contributed by atoms with Crippen molar-refractivity contribution >= 4 is 5.91 Å². The van der Waals surface area contributed by atoms with Gasteiger partial charge in [0.15, 0.2) is 0 Å². The van der Waals surface area contributed by atoms with E-state index in [0.29, 0.717) is 29.9 Å². The Kier molecular flexibility index (Phi) is 3.61. The van der Waals surface area contributed by atoms with Crippen LogP contribution in [-0.2, 0) is 5.60 Å². The molecule has 0 unspecified atom stereocenters. The van der Waals surface area contributed by atoms with Crippen molar-refractivity contribution in [1.29, 1.82) is 0 Å². The molecule has 1 aliphatic rings. The van der Waals surface area contributed by atoms with E-state index in [-0.39, 0.29) is 12.5 Å². The molecule has 0 aliphatic carbocycles. The molecule has 0 spiro atoms. The summed E-state index contributed by atoms with van der Waals surface area (Å²) in [6, 6.07) is 9.64. The maximum absolute atomic E-state index is 12.9. The van der Waals surface area contributed by atoms with E-state index in [2.05, 4.69) is 20.5 Å². The molecule has 0 radical (unpaired) electrons. The molecule has 0 saturated carbocycles. The number of likely N-dealkylation sites (tertiary alicyclic amines) is 1. The van der Waals surface area contributed by atoms with Gasteiger partial charge in [-0.25, -0.2) is 4.68 Å². The van der Waals surface area contributed by atoms with Crippen LogP contribution in [0.25, 0.3) is 5.69 Å². The average Bonchev–Trinajstić information content (AvgIpc) is 3.35. The molecule has 3 aromatic rings. The molecule has 1 aliphatic heterocycles. The third-order valence-corrected chi connectivity index (χ3v) is 4.58. The fourth-order valence-corrected chi connectivity index (χ4v) is 3.16. The molecule has 25 heavy (non-hydrogen) atoms. The molecular weight excluding hydrogens is 320 g/mol. The second-order valence-electron chi connectivity index (χ2n) is 6.27. The van der Waals surface area contributed by atoms with Crippen molar-refractivity contribution in [2.24, 2.45) is 0 Å². The number of nitrogens with one attached hydrogen (secondary N) is 1. The summed E-state index contributed by atoms with van der Waals surface area (Å²) >= 11 is 0. The number of carbonyl (C=O) groups is 1. The lowest BCUT2D eigenvalue weighted by atomic mass is 10.00. The molecule has 8 nitrogen and oxygen atoms in total. The van der Waals surface area contributed by atoms with Crippen LogP contribution >= 0.6 is 0 Å². The van der Waals surface area contributed by atoms with Crippen molar-refractivity contribution in [3.63, 3.8) is 0 Å². The highest BCUT2D eigenvalue weighted by Crippen LogP contribution is 2.31. The normalized spacial score (nSPS) is 20.2. The Morgan fingerprint density at radius 2 is 2.12 bits per heavy atom. The number of carbonyl (C=O) groups excluding carboxylic acids is 1. The zero-order valence-electron chi connectivity index (χ0n) is 13.8. The maximum Gasteiger partial charge on any atom is 0.257 e. The molecule has 128 valence electrons. The predicted octanol–water partition coefficient (Wildman–Crippen LogP) is 1.03. The number of amides is 1. The Labute approximate surface area is 144 Å². The predicted molar refractivity (Wildman–Crippen MR) is 89.1 cm³/mol. The van der Waals surface area contributed by atoms with E-state index < -0.39 is 5.60 Å². The zero-order valence-corrected chi connectivity index (χ0v) is 13.8. The lowest BCUT2D eigenvalue weighted by molar-refractivity contribution is 0.0382. The van der Waals surface area contributed by atoms with Gasteiger partial charge in [-0.05, 0) is 19.1 Å². The number of hydrogen-bond acceptors (Lipinski definition) is 5. The lowest BCUT2D eigenvalue weighted by Crippen LogP contribution is -2.34. The van der Waals surface area contributed by atoms with Gasteiger partial charge < -0.3 is 10.0 Å². The Bertz CT molecular complexity index is 889. The first-order valence-corrected chi connectivity index (χ1v) is 8.06. The fraction of sp³-hybridized carbons (Fsp3) is 0.294. The van der Waals surface area contributed by atoms with Gasteiger partial charge in [0, 0.05) is 19.2 Å². The van der Waals surface area contributed by atoms with Gasteiger partial charge in [0.1, 0.15) is 11.3 Å². The second-order valence-corrected chi connectivity index (χ2v) is 6.27. The highest BCUT2D eigenvalue weighted by atomic mass is 16.3. The molecule has 1 atom stereocenters. The van der Waals surface area contributed by atoms with Gasteiger partial charge in [-0.15, -0.1) is 0 Å². The van der Waals surface area contributed by atoms with Crippen LogP contribution in [0, 0.1) is 6.92 Å². The second kappa shape index (κ2) is 5.82. The minimum absolute atomic E-state index is 0.140. The Morgan fingerprint density at radius 1 is 1.32 bits per heavy atom. The number of aromatic nitrogens is 5. The molecule has 1 aromatic carbocycles. The van der Waals surface area contributed by atoms with Gasteiger partial charge in [0.2, 0.25) is 0 Å². The lowest BCUT2D eigenvalue weighted by Gasteiger charge is -2.20. The monoisotopic (exact) mass is 338 g/mol. The summed E-state index contributed by atoms with van der Waals surface area (Å²) < 4.78 is 1.70. The summed E-state index contributed by atoms with van der Waals surface area (Å²) in [5.74, 6) is -0.140. The Hall–Kier alpha value is -3.00. The van der Waals surface area contributed by atoms with E-state index in [0.717, 1.165) is 5.69 Å². The van der Waals surface area contributed by atoms with Crippen molar-refractivity contribution in [3.05, 3.63) is 59.7 Å². The number of aromatic amines is 1. The highest BCUT2D eigenvalue weighted by molar-refractivity contribution is 5.95. The van der Waals surface area contributed by atoms with E-state index in [4.69, 9.17) is 0 Å². The number of aryl methyl sites for hydroxylation is 1. The van der Waals surface area contributed by atoms with Gasteiger partial charge in [-0.1, -0.05) is 18.2 Å². The molecule has 1 fully saturated rings. The van der Waals surface area contributed by atoms with E-state index in [1.165, 1.54) is 6.20 Å². The number of nitrogens with zero attached hydrogens (tertiary/aromatic N) is 5. The van der Waals surface area contributed by atoms with Gasteiger partial charge in [-0.3, -0.25) is 4.79 Å². The summed E-state index contributed by atoms with van der Waals surface area (Å²) in [5.41, 5.74) is 1.38. The number of H-pyrrole nitrogens is 1.